The summed E-state index contributed by atoms with van der Waals surface area (Å²) >= 11 is 0. The van der Waals surface area contributed by atoms with Crippen molar-refractivity contribution >= 4 is 5.69 Å². The molecule has 0 aromatic carbocycles. The number of hydrogen-bond donors (Lipinski definition) is 1. The molecular weight excluding hydrogens is 190 g/mol. The molecule has 1 rings (SSSR count). The monoisotopic (exact) mass is 205 g/mol. The zero-order valence-electron chi connectivity index (χ0n) is 9.01. The first-order valence-electron chi connectivity index (χ1n) is 4.92. The summed E-state index contributed by atoms with van der Waals surface area (Å²) in [6, 6.07) is 4.04. The first-order chi connectivity index (χ1) is 7.20. The minimum Gasteiger partial charge on any atom is -0.395 e. The van der Waals surface area contributed by atoms with E-state index in [1.54, 1.807) is 18.5 Å². The van der Waals surface area contributed by atoms with Gasteiger partial charge in [-0.25, -0.2) is 0 Å². The zero-order chi connectivity index (χ0) is 11.3. The van der Waals surface area contributed by atoms with Crippen LogP contribution in [0.15, 0.2) is 18.5 Å². The quantitative estimate of drug-likeness (QED) is 0.801. The van der Waals surface area contributed by atoms with E-state index in [2.05, 4.69) is 11.1 Å². The molecule has 15 heavy (non-hydrogen) atoms. The Hall–Kier alpha value is -1.60. The Kier molecular flexibility index (Phi) is 4.07. The van der Waals surface area contributed by atoms with Crippen LogP contribution in [0.1, 0.15) is 19.4 Å². The summed E-state index contributed by atoms with van der Waals surface area (Å²) in [5.41, 5.74) is 1.37. The SMILES string of the molecule is CC(C)N(CCO)c1cnccc1C#N. The molecule has 80 valence electrons. The number of nitriles is 1. The molecule has 0 radical (unpaired) electrons. The number of hydrogen-bond acceptors (Lipinski definition) is 4. The Morgan fingerprint density at radius 1 is 1.60 bits per heavy atom. The van der Waals surface area contributed by atoms with Gasteiger partial charge in [-0.3, -0.25) is 4.98 Å². The molecule has 0 spiro atoms. The molecule has 0 unspecified atom stereocenters. The molecule has 1 N–H and O–H groups in total. The average molecular weight is 205 g/mol. The molecule has 0 atom stereocenters. The highest BCUT2D eigenvalue weighted by molar-refractivity contribution is 5.58. The molecule has 1 aromatic heterocycles. The van der Waals surface area contributed by atoms with Crippen LogP contribution in [0.4, 0.5) is 5.69 Å². The Bertz CT molecular complexity index is 357. The minimum atomic E-state index is 0.0674. The van der Waals surface area contributed by atoms with Crippen LogP contribution in [0, 0.1) is 11.3 Å². The molecular formula is C11H15N3O. The lowest BCUT2D eigenvalue weighted by molar-refractivity contribution is 0.299. The van der Waals surface area contributed by atoms with Crippen molar-refractivity contribution in [3.63, 3.8) is 0 Å². The van der Waals surface area contributed by atoms with Gasteiger partial charge in [0.25, 0.3) is 0 Å². The first-order valence-corrected chi connectivity index (χ1v) is 4.92. The van der Waals surface area contributed by atoms with E-state index in [4.69, 9.17) is 10.4 Å². The minimum absolute atomic E-state index is 0.0674. The molecule has 0 saturated heterocycles. The normalized spacial score (nSPS) is 10.1. The zero-order valence-corrected chi connectivity index (χ0v) is 9.01. The standard InChI is InChI=1S/C11H15N3O/c1-9(2)14(5-6-15)11-8-13-4-3-10(11)7-12/h3-4,8-9,15H,5-6H2,1-2H3. The van der Waals surface area contributed by atoms with Crippen LogP contribution < -0.4 is 4.90 Å². The van der Waals surface area contributed by atoms with Crippen LogP contribution in [0.5, 0.6) is 0 Å². The lowest BCUT2D eigenvalue weighted by Gasteiger charge is -2.28. The van der Waals surface area contributed by atoms with Gasteiger partial charge in [-0.2, -0.15) is 5.26 Å². The smallest absolute Gasteiger partial charge is 0.101 e. The highest BCUT2D eigenvalue weighted by atomic mass is 16.3. The van der Waals surface area contributed by atoms with E-state index in [-0.39, 0.29) is 12.6 Å². The highest BCUT2D eigenvalue weighted by Crippen LogP contribution is 2.19. The van der Waals surface area contributed by atoms with Gasteiger partial charge in [0, 0.05) is 18.8 Å². The third-order valence-electron chi connectivity index (χ3n) is 2.19. The summed E-state index contributed by atoms with van der Waals surface area (Å²) < 4.78 is 0. The highest BCUT2D eigenvalue weighted by Gasteiger charge is 2.13. The number of pyridine rings is 1. The topological polar surface area (TPSA) is 60.1 Å². The number of anilines is 1. The van der Waals surface area contributed by atoms with Crippen molar-refractivity contribution < 1.29 is 5.11 Å². The Morgan fingerprint density at radius 3 is 2.87 bits per heavy atom. The van der Waals surface area contributed by atoms with Crippen molar-refractivity contribution in [1.29, 1.82) is 5.26 Å². The van der Waals surface area contributed by atoms with Crippen molar-refractivity contribution in [2.24, 2.45) is 0 Å². The van der Waals surface area contributed by atoms with Crippen LogP contribution in [0.2, 0.25) is 0 Å². The molecule has 4 heteroatoms. The second-order valence-electron chi connectivity index (χ2n) is 3.52. The predicted molar refractivity (Wildman–Crippen MR) is 58.5 cm³/mol. The summed E-state index contributed by atoms with van der Waals surface area (Å²) in [6.07, 6.45) is 3.26. The molecule has 0 saturated carbocycles. The van der Waals surface area contributed by atoms with Gasteiger partial charge in [0.05, 0.1) is 24.1 Å². The molecule has 0 aliphatic carbocycles. The van der Waals surface area contributed by atoms with Crippen molar-refractivity contribution in [2.75, 3.05) is 18.1 Å². The van der Waals surface area contributed by atoms with E-state index >= 15 is 0 Å². The van der Waals surface area contributed by atoms with Gasteiger partial charge >= 0.3 is 0 Å². The Balaban J connectivity index is 3.05. The largest absolute Gasteiger partial charge is 0.395 e. The number of aliphatic hydroxyl groups is 1. The molecule has 0 fully saturated rings. The summed E-state index contributed by atoms with van der Waals surface area (Å²) in [4.78, 5) is 5.97. The fraction of sp³-hybridized carbons (Fsp3) is 0.455. The summed E-state index contributed by atoms with van der Waals surface area (Å²) in [6.45, 7) is 4.61. The fourth-order valence-corrected chi connectivity index (χ4v) is 1.47. The van der Waals surface area contributed by atoms with E-state index in [1.807, 2.05) is 18.7 Å². The summed E-state index contributed by atoms with van der Waals surface area (Å²) in [5, 5.41) is 17.9. The van der Waals surface area contributed by atoms with Crippen molar-refractivity contribution in [3.8, 4) is 6.07 Å². The van der Waals surface area contributed by atoms with Gasteiger partial charge in [-0.15, -0.1) is 0 Å². The molecule has 0 amide bonds. The van der Waals surface area contributed by atoms with E-state index < -0.39 is 0 Å². The van der Waals surface area contributed by atoms with Crippen LogP contribution in [0.25, 0.3) is 0 Å². The van der Waals surface area contributed by atoms with E-state index in [9.17, 15) is 0 Å². The van der Waals surface area contributed by atoms with Crippen LogP contribution >= 0.6 is 0 Å². The number of aromatic nitrogens is 1. The predicted octanol–water partition coefficient (Wildman–Crippen LogP) is 1.16. The van der Waals surface area contributed by atoms with Crippen LogP contribution in [0.3, 0.4) is 0 Å². The maximum atomic E-state index is 8.97. The number of rotatable bonds is 4. The molecule has 0 aliphatic heterocycles. The van der Waals surface area contributed by atoms with Crippen molar-refractivity contribution in [2.45, 2.75) is 19.9 Å². The lowest BCUT2D eigenvalue weighted by atomic mass is 10.2. The summed E-state index contributed by atoms with van der Waals surface area (Å²) in [5.74, 6) is 0. The van der Waals surface area contributed by atoms with E-state index in [0.717, 1.165) is 5.69 Å². The second-order valence-corrected chi connectivity index (χ2v) is 3.52. The van der Waals surface area contributed by atoms with Crippen molar-refractivity contribution in [3.05, 3.63) is 24.0 Å². The van der Waals surface area contributed by atoms with Gasteiger partial charge in [-0.05, 0) is 19.9 Å². The lowest BCUT2D eigenvalue weighted by Crippen LogP contribution is -2.34. The number of nitrogens with zero attached hydrogens (tertiary/aromatic N) is 3. The first kappa shape index (κ1) is 11.5. The van der Waals surface area contributed by atoms with Gasteiger partial charge in [0.15, 0.2) is 0 Å². The molecule has 4 nitrogen and oxygen atoms in total. The molecule has 1 aromatic rings. The van der Waals surface area contributed by atoms with Crippen LogP contribution in [-0.4, -0.2) is 29.3 Å². The maximum absolute atomic E-state index is 8.97. The third-order valence-corrected chi connectivity index (χ3v) is 2.19. The second kappa shape index (κ2) is 5.32. The van der Waals surface area contributed by atoms with Gasteiger partial charge in [-0.1, -0.05) is 0 Å². The molecule has 1 heterocycles. The van der Waals surface area contributed by atoms with Gasteiger partial charge in [0.1, 0.15) is 6.07 Å². The summed E-state index contributed by atoms with van der Waals surface area (Å²) in [7, 11) is 0. The van der Waals surface area contributed by atoms with Gasteiger partial charge < -0.3 is 10.0 Å². The van der Waals surface area contributed by atoms with E-state index in [0.29, 0.717) is 12.1 Å². The fourth-order valence-electron chi connectivity index (χ4n) is 1.47. The van der Waals surface area contributed by atoms with Crippen molar-refractivity contribution in [1.82, 2.24) is 4.98 Å². The molecule has 0 bridgehead atoms. The van der Waals surface area contributed by atoms with Gasteiger partial charge in [0.2, 0.25) is 0 Å². The number of aliphatic hydroxyl groups excluding tert-OH is 1. The maximum Gasteiger partial charge on any atom is 0.101 e. The van der Waals surface area contributed by atoms with Crippen LogP contribution in [-0.2, 0) is 0 Å². The molecule has 0 aliphatic rings. The Morgan fingerprint density at radius 2 is 2.33 bits per heavy atom. The Labute approximate surface area is 89.8 Å². The average Bonchev–Trinajstić information content (AvgIpc) is 2.25. The third kappa shape index (κ3) is 2.67. The van der Waals surface area contributed by atoms with E-state index in [1.165, 1.54) is 0 Å².